The summed E-state index contributed by atoms with van der Waals surface area (Å²) in [5.41, 5.74) is -0.226. The van der Waals surface area contributed by atoms with E-state index < -0.39 is 6.43 Å². The van der Waals surface area contributed by atoms with Gasteiger partial charge in [-0.15, -0.1) is 0 Å². The number of nitrogens with zero attached hydrogens (tertiary/aromatic N) is 1. The topological polar surface area (TPSA) is 42.2 Å². The van der Waals surface area contributed by atoms with Crippen LogP contribution in [-0.4, -0.2) is 14.2 Å². The van der Waals surface area contributed by atoms with Crippen molar-refractivity contribution in [2.45, 2.75) is 6.43 Å². The van der Waals surface area contributed by atoms with Crippen molar-refractivity contribution in [1.29, 1.82) is 5.26 Å². The van der Waals surface area contributed by atoms with Gasteiger partial charge in [0.05, 0.1) is 19.8 Å². The Labute approximate surface area is 85.8 Å². The van der Waals surface area contributed by atoms with Crippen LogP contribution in [0.5, 0.6) is 11.5 Å². The van der Waals surface area contributed by atoms with Gasteiger partial charge in [0.1, 0.15) is 6.07 Å². The van der Waals surface area contributed by atoms with Gasteiger partial charge >= 0.3 is 0 Å². The molecule has 15 heavy (non-hydrogen) atoms. The summed E-state index contributed by atoms with van der Waals surface area (Å²) in [6, 6.07) is 4.02. The van der Waals surface area contributed by atoms with Crippen LogP contribution in [0.25, 0.3) is 0 Å². The average molecular weight is 213 g/mol. The molecule has 0 fully saturated rings. The van der Waals surface area contributed by atoms with E-state index in [-0.39, 0.29) is 22.6 Å². The molecule has 0 N–H and O–H groups in total. The number of alkyl halides is 2. The molecule has 80 valence electrons. The summed E-state index contributed by atoms with van der Waals surface area (Å²) in [7, 11) is 2.68. The minimum absolute atomic E-state index is 0.0344. The number of ether oxygens (including phenoxy) is 2. The fraction of sp³-hybridized carbons (Fsp3) is 0.300. The van der Waals surface area contributed by atoms with Crippen LogP contribution in [0.3, 0.4) is 0 Å². The van der Waals surface area contributed by atoms with Crippen molar-refractivity contribution < 1.29 is 18.3 Å². The van der Waals surface area contributed by atoms with Gasteiger partial charge in [-0.1, -0.05) is 0 Å². The van der Waals surface area contributed by atoms with E-state index in [0.717, 1.165) is 12.1 Å². The van der Waals surface area contributed by atoms with E-state index in [9.17, 15) is 8.78 Å². The normalized spacial score (nSPS) is 9.87. The third-order valence-corrected chi connectivity index (χ3v) is 1.87. The van der Waals surface area contributed by atoms with Crippen molar-refractivity contribution in [1.82, 2.24) is 0 Å². The largest absolute Gasteiger partial charge is 0.493 e. The van der Waals surface area contributed by atoms with Gasteiger partial charge in [-0.05, 0) is 12.1 Å². The number of methoxy groups -OCH3 is 2. The molecular formula is C10H9F2NO2. The summed E-state index contributed by atoms with van der Waals surface area (Å²) >= 11 is 0. The molecule has 1 aromatic carbocycles. The molecule has 0 aromatic heterocycles. The maximum absolute atomic E-state index is 12.4. The van der Waals surface area contributed by atoms with Crippen LogP contribution in [0.4, 0.5) is 8.78 Å². The Bertz CT molecular complexity index is 399. The fourth-order valence-corrected chi connectivity index (χ4v) is 1.19. The van der Waals surface area contributed by atoms with E-state index in [1.54, 1.807) is 6.07 Å². The molecule has 3 nitrogen and oxygen atoms in total. The maximum Gasteiger partial charge on any atom is 0.264 e. The summed E-state index contributed by atoms with van der Waals surface area (Å²) in [4.78, 5) is 0. The highest BCUT2D eigenvalue weighted by molar-refractivity contribution is 5.55. The van der Waals surface area contributed by atoms with Gasteiger partial charge < -0.3 is 9.47 Å². The van der Waals surface area contributed by atoms with E-state index in [4.69, 9.17) is 14.7 Å². The van der Waals surface area contributed by atoms with Crippen molar-refractivity contribution in [2.24, 2.45) is 0 Å². The Kier molecular flexibility index (Phi) is 3.45. The number of benzene rings is 1. The molecule has 1 rings (SSSR count). The number of rotatable bonds is 3. The maximum atomic E-state index is 12.4. The number of nitriles is 1. The molecule has 0 saturated heterocycles. The van der Waals surface area contributed by atoms with Gasteiger partial charge in [-0.25, -0.2) is 8.78 Å². The second-order valence-corrected chi connectivity index (χ2v) is 2.72. The molecule has 0 saturated carbocycles. The Morgan fingerprint density at radius 2 is 1.93 bits per heavy atom. The molecule has 0 aliphatic carbocycles. The van der Waals surface area contributed by atoms with Crippen molar-refractivity contribution >= 4 is 0 Å². The Hall–Kier alpha value is -1.83. The summed E-state index contributed by atoms with van der Waals surface area (Å²) in [5, 5.41) is 8.75. The molecule has 0 radical (unpaired) electrons. The van der Waals surface area contributed by atoms with Crippen molar-refractivity contribution in [3.63, 3.8) is 0 Å². The van der Waals surface area contributed by atoms with Gasteiger partial charge in [-0.3, -0.25) is 0 Å². The van der Waals surface area contributed by atoms with E-state index >= 15 is 0 Å². The highest BCUT2D eigenvalue weighted by Gasteiger charge is 2.16. The lowest BCUT2D eigenvalue weighted by Gasteiger charge is -2.10. The first-order valence-electron chi connectivity index (χ1n) is 4.08. The summed E-state index contributed by atoms with van der Waals surface area (Å²) in [5.74, 6) is 0.302. The molecule has 0 atom stereocenters. The highest BCUT2D eigenvalue weighted by atomic mass is 19.3. The van der Waals surface area contributed by atoms with E-state index in [1.165, 1.54) is 14.2 Å². The summed E-state index contributed by atoms with van der Waals surface area (Å²) < 4.78 is 34.6. The third-order valence-electron chi connectivity index (χ3n) is 1.87. The zero-order valence-corrected chi connectivity index (χ0v) is 8.25. The zero-order chi connectivity index (χ0) is 11.4. The van der Waals surface area contributed by atoms with Crippen LogP contribution in [-0.2, 0) is 0 Å². The quantitative estimate of drug-likeness (QED) is 0.774. The van der Waals surface area contributed by atoms with Gasteiger partial charge in [0.25, 0.3) is 6.43 Å². The molecule has 0 bridgehead atoms. The predicted molar refractivity (Wildman–Crippen MR) is 49.2 cm³/mol. The molecular weight excluding hydrogens is 204 g/mol. The Balaban J connectivity index is 3.37. The molecule has 0 aliphatic heterocycles. The predicted octanol–water partition coefficient (Wildman–Crippen LogP) is 2.51. The van der Waals surface area contributed by atoms with Crippen molar-refractivity contribution in [2.75, 3.05) is 14.2 Å². The van der Waals surface area contributed by atoms with Crippen LogP contribution in [0.2, 0.25) is 0 Å². The number of hydrogen-bond acceptors (Lipinski definition) is 3. The van der Waals surface area contributed by atoms with Gasteiger partial charge in [0.15, 0.2) is 11.5 Å². The smallest absolute Gasteiger partial charge is 0.264 e. The van der Waals surface area contributed by atoms with Gasteiger partial charge in [-0.2, -0.15) is 5.26 Å². The molecule has 0 spiro atoms. The average Bonchev–Trinajstić information content (AvgIpc) is 2.26. The Morgan fingerprint density at radius 3 is 2.33 bits per heavy atom. The second kappa shape index (κ2) is 4.60. The standard InChI is InChI=1S/C10H9F2NO2/c1-14-8-4-6(10(11)12)3-7(5-13)9(8)15-2/h3-4,10H,1-2H3. The molecule has 1 aromatic rings. The summed E-state index contributed by atoms with van der Waals surface area (Å²) in [6.45, 7) is 0. The van der Waals surface area contributed by atoms with Crippen LogP contribution in [0.15, 0.2) is 12.1 Å². The monoisotopic (exact) mass is 213 g/mol. The Morgan fingerprint density at radius 1 is 1.27 bits per heavy atom. The molecule has 0 aliphatic rings. The first-order chi connectivity index (χ1) is 7.13. The lowest BCUT2D eigenvalue weighted by Crippen LogP contribution is -1.96. The van der Waals surface area contributed by atoms with Crippen LogP contribution < -0.4 is 9.47 Å². The fourth-order valence-electron chi connectivity index (χ4n) is 1.19. The lowest BCUT2D eigenvalue weighted by molar-refractivity contribution is 0.151. The van der Waals surface area contributed by atoms with E-state index in [0.29, 0.717) is 0 Å². The van der Waals surface area contributed by atoms with Crippen LogP contribution >= 0.6 is 0 Å². The first-order valence-corrected chi connectivity index (χ1v) is 4.08. The van der Waals surface area contributed by atoms with E-state index in [1.807, 2.05) is 0 Å². The number of hydrogen-bond donors (Lipinski definition) is 0. The van der Waals surface area contributed by atoms with E-state index in [2.05, 4.69) is 0 Å². The number of halogens is 2. The zero-order valence-electron chi connectivity index (χ0n) is 8.25. The molecule has 0 unspecified atom stereocenters. The SMILES string of the molecule is COc1cc(C(F)F)cc(C#N)c1OC. The van der Waals surface area contributed by atoms with Gasteiger partial charge in [0.2, 0.25) is 0 Å². The third kappa shape index (κ3) is 2.15. The van der Waals surface area contributed by atoms with Crippen LogP contribution in [0.1, 0.15) is 17.6 Å². The highest BCUT2D eigenvalue weighted by Crippen LogP contribution is 2.35. The molecule has 5 heteroatoms. The molecule has 0 heterocycles. The first kappa shape index (κ1) is 11.2. The summed E-state index contributed by atoms with van der Waals surface area (Å²) in [6.07, 6.45) is -2.64. The minimum atomic E-state index is -2.64. The van der Waals surface area contributed by atoms with Crippen molar-refractivity contribution in [3.05, 3.63) is 23.3 Å². The van der Waals surface area contributed by atoms with Crippen LogP contribution in [0, 0.1) is 11.3 Å². The second-order valence-electron chi connectivity index (χ2n) is 2.72. The molecule has 0 amide bonds. The lowest BCUT2D eigenvalue weighted by atomic mass is 10.1. The van der Waals surface area contributed by atoms with Crippen molar-refractivity contribution in [3.8, 4) is 17.6 Å². The minimum Gasteiger partial charge on any atom is -0.493 e. The van der Waals surface area contributed by atoms with Gasteiger partial charge in [0, 0.05) is 5.56 Å².